The van der Waals surface area contributed by atoms with Crippen LogP contribution in [0.4, 0.5) is 0 Å². The van der Waals surface area contributed by atoms with Crippen LogP contribution in [0, 0.1) is 0 Å². The van der Waals surface area contributed by atoms with E-state index >= 15 is 0 Å². The summed E-state index contributed by atoms with van der Waals surface area (Å²) in [5.41, 5.74) is 2.52. The number of nitrogens with one attached hydrogen (secondary N) is 1. The first-order valence-corrected chi connectivity index (χ1v) is 7.72. The van der Waals surface area contributed by atoms with Gasteiger partial charge in [0.15, 0.2) is 0 Å². The smallest absolute Gasteiger partial charge is 0.337 e. The Morgan fingerprint density at radius 1 is 1.08 bits per heavy atom. The number of esters is 1. The Morgan fingerprint density at radius 3 is 2.48 bits per heavy atom. The molecule has 6 nitrogen and oxygen atoms in total. The van der Waals surface area contributed by atoms with Crippen molar-refractivity contribution in [2.45, 2.75) is 6.54 Å². The van der Waals surface area contributed by atoms with Gasteiger partial charge in [-0.05, 0) is 48.5 Å². The molecule has 0 radical (unpaired) electrons. The zero-order chi connectivity index (χ0) is 17.6. The molecule has 25 heavy (non-hydrogen) atoms. The second kappa shape index (κ2) is 7.44. The molecule has 0 atom stereocenters. The molecule has 3 aromatic rings. The topological polar surface area (TPSA) is 73.2 Å². The largest absolute Gasteiger partial charge is 0.465 e. The quantitative estimate of drug-likeness (QED) is 0.727. The van der Waals surface area contributed by atoms with E-state index in [4.69, 9.17) is 0 Å². The van der Waals surface area contributed by atoms with E-state index in [1.807, 2.05) is 41.2 Å². The molecule has 2 heterocycles. The van der Waals surface area contributed by atoms with Crippen molar-refractivity contribution < 1.29 is 14.3 Å². The summed E-state index contributed by atoms with van der Waals surface area (Å²) in [5, 5.41) is 2.79. The molecule has 0 spiro atoms. The van der Waals surface area contributed by atoms with Crippen molar-refractivity contribution in [3.63, 3.8) is 0 Å². The van der Waals surface area contributed by atoms with Gasteiger partial charge in [-0.15, -0.1) is 0 Å². The summed E-state index contributed by atoms with van der Waals surface area (Å²) in [4.78, 5) is 27.9. The number of carbonyl (C=O) groups is 2. The number of hydrogen-bond donors (Lipinski definition) is 1. The predicted octanol–water partition coefficient (Wildman–Crippen LogP) is 2.59. The second-order valence-corrected chi connectivity index (χ2v) is 5.35. The Bertz CT molecular complexity index is 871. The van der Waals surface area contributed by atoms with Crippen LogP contribution in [0.1, 0.15) is 26.4 Å². The molecule has 6 heteroatoms. The minimum absolute atomic E-state index is 0.204. The fourth-order valence-corrected chi connectivity index (χ4v) is 2.38. The third kappa shape index (κ3) is 3.92. The van der Waals surface area contributed by atoms with Gasteiger partial charge in [-0.2, -0.15) is 0 Å². The van der Waals surface area contributed by atoms with Crippen LogP contribution in [0.2, 0.25) is 0 Å². The molecule has 0 saturated carbocycles. The van der Waals surface area contributed by atoms with Gasteiger partial charge in [0, 0.05) is 29.8 Å². The Morgan fingerprint density at radius 2 is 1.80 bits per heavy atom. The molecule has 0 aliphatic heterocycles. The first-order chi connectivity index (χ1) is 12.2. The summed E-state index contributed by atoms with van der Waals surface area (Å²) >= 11 is 0. The summed E-state index contributed by atoms with van der Waals surface area (Å²) in [6, 6.07) is 14.3. The van der Waals surface area contributed by atoms with Crippen LogP contribution in [0.3, 0.4) is 0 Å². The van der Waals surface area contributed by atoms with Gasteiger partial charge in [0.2, 0.25) is 0 Å². The molecule has 2 aromatic heterocycles. The first-order valence-electron chi connectivity index (χ1n) is 7.72. The van der Waals surface area contributed by atoms with E-state index in [0.717, 1.165) is 5.69 Å². The van der Waals surface area contributed by atoms with Gasteiger partial charge in [0.05, 0.1) is 24.9 Å². The average molecular weight is 335 g/mol. The maximum atomic E-state index is 12.3. The minimum Gasteiger partial charge on any atom is -0.465 e. The predicted molar refractivity (Wildman–Crippen MR) is 92.5 cm³/mol. The number of nitrogens with zero attached hydrogens (tertiary/aromatic N) is 2. The van der Waals surface area contributed by atoms with E-state index in [1.165, 1.54) is 13.3 Å². The number of rotatable bonds is 5. The maximum absolute atomic E-state index is 12.3. The van der Waals surface area contributed by atoms with E-state index in [1.54, 1.807) is 24.3 Å². The number of carbonyl (C=O) groups excluding carboxylic acids is 2. The van der Waals surface area contributed by atoms with Crippen LogP contribution in [0.15, 0.2) is 67.1 Å². The van der Waals surface area contributed by atoms with Gasteiger partial charge in [0.25, 0.3) is 5.91 Å². The molecule has 1 aromatic carbocycles. The molecule has 1 amide bonds. The molecule has 0 aliphatic rings. The second-order valence-electron chi connectivity index (χ2n) is 5.35. The molecule has 0 unspecified atom stereocenters. The van der Waals surface area contributed by atoms with Crippen molar-refractivity contribution in [3.05, 3.63) is 83.9 Å². The fourth-order valence-electron chi connectivity index (χ4n) is 2.38. The Labute approximate surface area is 145 Å². The molecule has 0 bridgehead atoms. The number of methoxy groups -OCH3 is 1. The lowest BCUT2D eigenvalue weighted by atomic mass is 10.2. The number of benzene rings is 1. The third-order valence-electron chi connectivity index (χ3n) is 3.70. The zero-order valence-corrected chi connectivity index (χ0v) is 13.7. The van der Waals surface area contributed by atoms with Gasteiger partial charge in [-0.1, -0.05) is 0 Å². The summed E-state index contributed by atoms with van der Waals surface area (Å²) in [7, 11) is 1.32. The number of amides is 1. The van der Waals surface area contributed by atoms with Gasteiger partial charge >= 0.3 is 5.97 Å². The lowest BCUT2D eigenvalue weighted by molar-refractivity contribution is 0.0600. The van der Waals surface area contributed by atoms with Crippen molar-refractivity contribution in [3.8, 4) is 5.69 Å². The van der Waals surface area contributed by atoms with E-state index in [0.29, 0.717) is 16.8 Å². The molecular formula is C19H17N3O3. The third-order valence-corrected chi connectivity index (χ3v) is 3.70. The van der Waals surface area contributed by atoms with Crippen molar-refractivity contribution >= 4 is 11.9 Å². The molecule has 1 N–H and O–H groups in total. The van der Waals surface area contributed by atoms with Crippen LogP contribution in [-0.2, 0) is 11.3 Å². The van der Waals surface area contributed by atoms with Crippen LogP contribution in [-0.4, -0.2) is 28.5 Å². The Balaban J connectivity index is 1.64. The van der Waals surface area contributed by atoms with E-state index in [9.17, 15) is 9.59 Å². The van der Waals surface area contributed by atoms with Gasteiger partial charge in [-0.3, -0.25) is 9.78 Å². The highest BCUT2D eigenvalue weighted by Crippen LogP contribution is 2.10. The average Bonchev–Trinajstić information content (AvgIpc) is 3.20. The van der Waals surface area contributed by atoms with Gasteiger partial charge in [0.1, 0.15) is 0 Å². The molecule has 126 valence electrons. The van der Waals surface area contributed by atoms with Crippen LogP contribution >= 0.6 is 0 Å². The van der Waals surface area contributed by atoms with Crippen LogP contribution in [0.25, 0.3) is 5.69 Å². The number of hydrogen-bond acceptors (Lipinski definition) is 4. The SMILES string of the molecule is COC(=O)c1ccnc(CNC(=O)c2ccc(-n3cccc3)cc2)c1. The van der Waals surface area contributed by atoms with E-state index < -0.39 is 5.97 Å². The van der Waals surface area contributed by atoms with Crippen molar-refractivity contribution in [1.29, 1.82) is 0 Å². The van der Waals surface area contributed by atoms with Crippen LogP contribution < -0.4 is 5.32 Å². The van der Waals surface area contributed by atoms with E-state index in [-0.39, 0.29) is 12.5 Å². The normalized spacial score (nSPS) is 10.3. The van der Waals surface area contributed by atoms with Crippen LogP contribution in [0.5, 0.6) is 0 Å². The molecular weight excluding hydrogens is 318 g/mol. The number of aromatic nitrogens is 2. The van der Waals surface area contributed by atoms with E-state index in [2.05, 4.69) is 15.0 Å². The molecule has 0 fully saturated rings. The monoisotopic (exact) mass is 335 g/mol. The van der Waals surface area contributed by atoms with Gasteiger partial charge < -0.3 is 14.6 Å². The zero-order valence-electron chi connectivity index (χ0n) is 13.7. The maximum Gasteiger partial charge on any atom is 0.337 e. The highest BCUT2D eigenvalue weighted by atomic mass is 16.5. The van der Waals surface area contributed by atoms with Crippen molar-refractivity contribution in [2.24, 2.45) is 0 Å². The lowest BCUT2D eigenvalue weighted by Crippen LogP contribution is -2.23. The van der Waals surface area contributed by atoms with Crippen molar-refractivity contribution in [2.75, 3.05) is 7.11 Å². The number of ether oxygens (including phenoxy) is 1. The molecule has 0 aliphatic carbocycles. The van der Waals surface area contributed by atoms with Gasteiger partial charge in [-0.25, -0.2) is 4.79 Å². The molecule has 3 rings (SSSR count). The summed E-state index contributed by atoms with van der Waals surface area (Å²) in [5.74, 6) is -0.639. The van der Waals surface area contributed by atoms with Crippen molar-refractivity contribution in [1.82, 2.24) is 14.9 Å². The standard InChI is InChI=1S/C19H17N3O3/c1-25-19(24)15-8-9-20-16(12-15)13-21-18(23)14-4-6-17(7-5-14)22-10-2-3-11-22/h2-12H,13H2,1H3,(H,21,23). The fraction of sp³-hybridized carbons (Fsp3) is 0.105. The Kier molecular flexibility index (Phi) is 4.89. The lowest BCUT2D eigenvalue weighted by Gasteiger charge is -2.07. The first kappa shape index (κ1) is 16.4. The molecule has 0 saturated heterocycles. The summed E-state index contributed by atoms with van der Waals surface area (Å²) in [6.07, 6.45) is 5.39. The minimum atomic E-state index is -0.435. The number of pyridine rings is 1. The highest BCUT2D eigenvalue weighted by Gasteiger charge is 2.09. The summed E-state index contributed by atoms with van der Waals surface area (Å²) < 4.78 is 6.63. The summed E-state index contributed by atoms with van der Waals surface area (Å²) in [6.45, 7) is 0.225. The highest BCUT2D eigenvalue weighted by molar-refractivity contribution is 5.94. The Hall–Kier alpha value is -3.41.